The summed E-state index contributed by atoms with van der Waals surface area (Å²) in [6.45, 7) is 6.53. The molecule has 6 heteroatoms. The third-order valence-corrected chi connectivity index (χ3v) is 3.95. The van der Waals surface area contributed by atoms with E-state index in [2.05, 4.69) is 0 Å². The van der Waals surface area contributed by atoms with Gasteiger partial charge in [-0.2, -0.15) is 0 Å². The molecule has 2 rings (SSSR count). The van der Waals surface area contributed by atoms with Gasteiger partial charge in [-0.3, -0.25) is 9.59 Å². The summed E-state index contributed by atoms with van der Waals surface area (Å²) < 4.78 is 0. The first-order valence-corrected chi connectivity index (χ1v) is 7.37. The molecule has 1 aromatic carbocycles. The Morgan fingerprint density at radius 3 is 2.09 bits per heavy atom. The summed E-state index contributed by atoms with van der Waals surface area (Å²) in [5.74, 6) is -0.0294. The van der Waals surface area contributed by atoms with E-state index in [9.17, 15) is 9.59 Å². The quantitative estimate of drug-likeness (QED) is 0.910. The zero-order valence-corrected chi connectivity index (χ0v) is 13.9. The lowest BCUT2D eigenvalue weighted by Gasteiger charge is -2.36. The first-order valence-electron chi connectivity index (χ1n) is 7.37. The Labute approximate surface area is 137 Å². The summed E-state index contributed by atoms with van der Waals surface area (Å²) >= 11 is 0. The molecule has 0 spiro atoms. The van der Waals surface area contributed by atoms with Crippen LogP contribution in [0.2, 0.25) is 0 Å². The summed E-state index contributed by atoms with van der Waals surface area (Å²) in [6, 6.07) is 7.59. The van der Waals surface area contributed by atoms with Crippen LogP contribution in [0.25, 0.3) is 0 Å². The van der Waals surface area contributed by atoms with Crippen LogP contribution in [0.4, 0.5) is 0 Å². The molecule has 1 aromatic rings. The van der Waals surface area contributed by atoms with E-state index in [1.165, 1.54) is 0 Å². The van der Waals surface area contributed by atoms with Crippen molar-refractivity contribution in [1.82, 2.24) is 9.80 Å². The van der Waals surface area contributed by atoms with Crippen LogP contribution in [-0.4, -0.2) is 54.3 Å². The number of aryl methyl sites for hydroxylation is 1. The largest absolute Gasteiger partial charge is 0.339 e. The monoisotopic (exact) mass is 325 g/mol. The zero-order chi connectivity index (χ0) is 15.4. The van der Waals surface area contributed by atoms with Crippen molar-refractivity contribution >= 4 is 24.2 Å². The summed E-state index contributed by atoms with van der Waals surface area (Å²) in [4.78, 5) is 28.0. The molecular formula is C16H24ClN3O2. The van der Waals surface area contributed by atoms with Crippen LogP contribution in [0.1, 0.15) is 22.8 Å². The fraction of sp³-hybridized carbons (Fsp3) is 0.500. The number of nitrogens with zero attached hydrogens (tertiary/aromatic N) is 2. The number of carbonyl (C=O) groups is 2. The third kappa shape index (κ3) is 4.21. The Balaban J connectivity index is 0.00000242. The molecule has 1 atom stereocenters. The van der Waals surface area contributed by atoms with Gasteiger partial charge < -0.3 is 15.5 Å². The highest BCUT2D eigenvalue weighted by molar-refractivity contribution is 5.94. The Morgan fingerprint density at radius 2 is 1.59 bits per heavy atom. The van der Waals surface area contributed by atoms with Crippen molar-refractivity contribution in [3.8, 4) is 0 Å². The molecule has 1 aliphatic rings. The molecule has 1 aliphatic heterocycles. The maximum Gasteiger partial charge on any atom is 0.253 e. The predicted molar refractivity (Wildman–Crippen MR) is 89.1 cm³/mol. The van der Waals surface area contributed by atoms with Gasteiger partial charge in [0.2, 0.25) is 5.91 Å². The normalized spacial score (nSPS) is 16.0. The van der Waals surface area contributed by atoms with E-state index in [0.717, 1.165) is 5.56 Å². The molecule has 22 heavy (non-hydrogen) atoms. The van der Waals surface area contributed by atoms with Crippen LogP contribution < -0.4 is 5.73 Å². The maximum atomic E-state index is 12.4. The summed E-state index contributed by atoms with van der Waals surface area (Å²) in [7, 11) is 0. The molecule has 0 radical (unpaired) electrons. The average Bonchev–Trinajstić information content (AvgIpc) is 2.53. The number of halogens is 1. The molecule has 2 amide bonds. The van der Waals surface area contributed by atoms with Gasteiger partial charge in [0, 0.05) is 44.2 Å². The Hall–Kier alpha value is -1.59. The molecule has 5 nitrogen and oxygen atoms in total. The van der Waals surface area contributed by atoms with Crippen molar-refractivity contribution < 1.29 is 9.59 Å². The standard InChI is InChI=1S/C16H23N3O2.ClH/c1-12-3-5-14(6-4-12)16(21)19-9-7-18(8-10-19)15(20)13(2)11-17;/h3-6,13H,7-11,17H2,1-2H3;1H. The van der Waals surface area contributed by atoms with Gasteiger partial charge in [0.15, 0.2) is 0 Å². The van der Waals surface area contributed by atoms with E-state index in [-0.39, 0.29) is 30.1 Å². The average molecular weight is 326 g/mol. The van der Waals surface area contributed by atoms with Crippen LogP contribution in [0, 0.1) is 12.8 Å². The molecule has 1 heterocycles. The molecule has 122 valence electrons. The van der Waals surface area contributed by atoms with Crippen LogP contribution in [0.5, 0.6) is 0 Å². The van der Waals surface area contributed by atoms with Gasteiger partial charge in [-0.15, -0.1) is 12.4 Å². The van der Waals surface area contributed by atoms with Crippen LogP contribution in [-0.2, 0) is 4.79 Å². The topological polar surface area (TPSA) is 66.6 Å². The van der Waals surface area contributed by atoms with Crippen molar-refractivity contribution in [1.29, 1.82) is 0 Å². The molecule has 0 bridgehead atoms. The molecule has 1 saturated heterocycles. The van der Waals surface area contributed by atoms with Gasteiger partial charge in [0.1, 0.15) is 0 Å². The highest BCUT2D eigenvalue weighted by atomic mass is 35.5. The molecular weight excluding hydrogens is 302 g/mol. The minimum atomic E-state index is -0.149. The van der Waals surface area contributed by atoms with Gasteiger partial charge in [-0.1, -0.05) is 24.6 Å². The van der Waals surface area contributed by atoms with E-state index in [0.29, 0.717) is 38.3 Å². The second-order valence-electron chi connectivity index (χ2n) is 5.62. The lowest BCUT2D eigenvalue weighted by atomic mass is 10.1. The van der Waals surface area contributed by atoms with Crippen molar-refractivity contribution in [3.63, 3.8) is 0 Å². The van der Waals surface area contributed by atoms with Gasteiger partial charge in [-0.05, 0) is 19.1 Å². The number of nitrogens with two attached hydrogens (primary N) is 1. The molecule has 1 unspecified atom stereocenters. The number of piperazine rings is 1. The van der Waals surface area contributed by atoms with Gasteiger partial charge >= 0.3 is 0 Å². The van der Waals surface area contributed by atoms with Gasteiger partial charge in [-0.25, -0.2) is 0 Å². The minimum Gasteiger partial charge on any atom is -0.339 e. The van der Waals surface area contributed by atoms with Gasteiger partial charge in [0.25, 0.3) is 5.91 Å². The molecule has 2 N–H and O–H groups in total. The highest BCUT2D eigenvalue weighted by Gasteiger charge is 2.26. The smallest absolute Gasteiger partial charge is 0.253 e. The molecule has 0 saturated carbocycles. The van der Waals surface area contributed by atoms with Crippen molar-refractivity contribution in [2.24, 2.45) is 11.7 Å². The van der Waals surface area contributed by atoms with Crippen molar-refractivity contribution in [2.75, 3.05) is 32.7 Å². The highest BCUT2D eigenvalue weighted by Crippen LogP contribution is 2.11. The van der Waals surface area contributed by atoms with E-state index < -0.39 is 0 Å². The Kier molecular flexibility index (Phi) is 6.84. The molecule has 1 fully saturated rings. The number of rotatable bonds is 3. The fourth-order valence-corrected chi connectivity index (χ4v) is 2.42. The van der Waals surface area contributed by atoms with Crippen molar-refractivity contribution in [2.45, 2.75) is 13.8 Å². The van der Waals surface area contributed by atoms with Gasteiger partial charge in [0.05, 0.1) is 0 Å². The lowest BCUT2D eigenvalue weighted by Crippen LogP contribution is -2.52. The van der Waals surface area contributed by atoms with Crippen LogP contribution >= 0.6 is 12.4 Å². The predicted octanol–water partition coefficient (Wildman–Crippen LogP) is 1.30. The lowest BCUT2D eigenvalue weighted by molar-refractivity contribution is -0.136. The second kappa shape index (κ2) is 8.15. The van der Waals surface area contributed by atoms with E-state index in [4.69, 9.17) is 5.73 Å². The van der Waals surface area contributed by atoms with E-state index in [1.807, 2.05) is 43.0 Å². The zero-order valence-electron chi connectivity index (χ0n) is 13.1. The summed E-state index contributed by atoms with van der Waals surface area (Å²) in [6.07, 6.45) is 0. The Bertz CT molecular complexity index is 511. The maximum absolute atomic E-state index is 12.4. The summed E-state index contributed by atoms with van der Waals surface area (Å²) in [5.41, 5.74) is 7.37. The fourth-order valence-electron chi connectivity index (χ4n) is 2.42. The molecule has 0 aromatic heterocycles. The number of hydrogen-bond acceptors (Lipinski definition) is 3. The second-order valence-corrected chi connectivity index (χ2v) is 5.62. The third-order valence-electron chi connectivity index (χ3n) is 3.95. The number of amides is 2. The van der Waals surface area contributed by atoms with E-state index in [1.54, 1.807) is 4.90 Å². The SMILES string of the molecule is Cc1ccc(C(=O)N2CCN(C(=O)C(C)CN)CC2)cc1.Cl. The number of hydrogen-bond donors (Lipinski definition) is 1. The van der Waals surface area contributed by atoms with E-state index >= 15 is 0 Å². The minimum absolute atomic E-state index is 0. The van der Waals surface area contributed by atoms with Crippen LogP contribution in [0.3, 0.4) is 0 Å². The number of carbonyl (C=O) groups excluding carboxylic acids is 2. The van der Waals surface area contributed by atoms with Crippen LogP contribution in [0.15, 0.2) is 24.3 Å². The first-order chi connectivity index (χ1) is 10.0. The first kappa shape index (κ1) is 18.5. The Morgan fingerprint density at radius 1 is 1.09 bits per heavy atom. The molecule has 0 aliphatic carbocycles. The number of benzene rings is 1. The van der Waals surface area contributed by atoms with Crippen molar-refractivity contribution in [3.05, 3.63) is 35.4 Å². The summed E-state index contributed by atoms with van der Waals surface area (Å²) in [5, 5.41) is 0.